The number of nitrogens with one attached hydrogen (secondary N) is 1. The molecule has 3 aromatic rings. The highest BCUT2D eigenvalue weighted by Gasteiger charge is 2.30. The summed E-state index contributed by atoms with van der Waals surface area (Å²) in [5, 5.41) is 3.94. The quantitative estimate of drug-likeness (QED) is 0.492. The number of rotatable bonds is 8. The molecule has 7 heteroatoms. The number of aromatic nitrogens is 1. The van der Waals surface area contributed by atoms with Crippen molar-refractivity contribution in [2.24, 2.45) is 0 Å². The number of hydrogen-bond acceptors (Lipinski definition) is 5. The van der Waals surface area contributed by atoms with Gasteiger partial charge in [-0.2, -0.15) is 0 Å². The molecule has 168 valence electrons. The van der Waals surface area contributed by atoms with E-state index >= 15 is 0 Å². The number of fused-ring (bicyclic) bond motifs is 1. The molecule has 1 fully saturated rings. The number of nitrogens with zero attached hydrogens (tertiary/aromatic N) is 2. The maximum Gasteiger partial charge on any atom is 0.255 e. The molecule has 6 nitrogen and oxygen atoms in total. The first-order chi connectivity index (χ1) is 15.7. The Morgan fingerprint density at radius 2 is 1.97 bits per heavy atom. The molecule has 1 unspecified atom stereocenters. The molecule has 2 aromatic carbocycles. The Balaban J connectivity index is 1.32. The molecule has 0 bridgehead atoms. The molecule has 0 radical (unpaired) electrons. The van der Waals surface area contributed by atoms with E-state index in [1.807, 2.05) is 42.2 Å². The highest BCUT2D eigenvalue weighted by Crippen LogP contribution is 2.36. The molecule has 2 amide bonds. The lowest BCUT2D eigenvalue weighted by Crippen LogP contribution is -2.38. The lowest BCUT2D eigenvalue weighted by molar-refractivity contribution is -0.135. The number of piperidine rings is 1. The number of carbonyl (C=O) groups excluding carboxylic acids is 2. The molecule has 1 N–H and O–H groups in total. The van der Waals surface area contributed by atoms with Crippen LogP contribution in [0.4, 0.5) is 0 Å². The first-order valence-electron chi connectivity index (χ1n) is 11.3. The van der Waals surface area contributed by atoms with Crippen LogP contribution in [0.25, 0.3) is 10.2 Å². The van der Waals surface area contributed by atoms with E-state index in [1.54, 1.807) is 23.5 Å². The molecule has 1 aromatic heterocycles. The van der Waals surface area contributed by atoms with Gasteiger partial charge in [-0.1, -0.05) is 24.3 Å². The number of carbonyl (C=O) groups is 2. The van der Waals surface area contributed by atoms with Crippen molar-refractivity contribution < 1.29 is 14.3 Å². The molecule has 0 saturated carbocycles. The van der Waals surface area contributed by atoms with E-state index in [4.69, 9.17) is 9.72 Å². The molecule has 32 heavy (non-hydrogen) atoms. The summed E-state index contributed by atoms with van der Waals surface area (Å²) in [6.07, 6.45) is 4.10. The Labute approximate surface area is 192 Å². The standard InChI is InChI=1S/C25H29N3O3S/c1-2-31-21-13-5-3-10-18(21)24(30)26-16-9-15-23(29)28-17-8-7-12-20(28)25-27-19-11-4-6-14-22(19)32-25/h3-6,10-11,13-14,20H,2,7-9,12,15-17H2,1H3,(H,26,30). The van der Waals surface area contributed by atoms with Gasteiger partial charge in [-0.3, -0.25) is 9.59 Å². The van der Waals surface area contributed by atoms with Crippen molar-refractivity contribution in [2.45, 2.75) is 45.1 Å². The van der Waals surface area contributed by atoms with Crippen LogP contribution < -0.4 is 10.1 Å². The molecule has 0 spiro atoms. The minimum atomic E-state index is -0.174. The van der Waals surface area contributed by atoms with Crippen LogP contribution in [0, 0.1) is 0 Å². The minimum Gasteiger partial charge on any atom is -0.493 e. The van der Waals surface area contributed by atoms with Crippen molar-refractivity contribution in [2.75, 3.05) is 19.7 Å². The number of para-hydroxylation sites is 2. The van der Waals surface area contributed by atoms with Crippen molar-refractivity contribution in [1.82, 2.24) is 15.2 Å². The van der Waals surface area contributed by atoms with Crippen LogP contribution in [-0.4, -0.2) is 41.4 Å². The molecular weight excluding hydrogens is 422 g/mol. The van der Waals surface area contributed by atoms with Gasteiger partial charge in [0.2, 0.25) is 5.91 Å². The lowest BCUT2D eigenvalue weighted by atomic mass is 10.0. The van der Waals surface area contributed by atoms with E-state index in [0.717, 1.165) is 41.0 Å². The maximum absolute atomic E-state index is 13.0. The molecule has 2 heterocycles. The van der Waals surface area contributed by atoms with E-state index < -0.39 is 0 Å². The number of amides is 2. The minimum absolute atomic E-state index is 0.0568. The van der Waals surface area contributed by atoms with Gasteiger partial charge in [-0.25, -0.2) is 4.98 Å². The topological polar surface area (TPSA) is 71.5 Å². The van der Waals surface area contributed by atoms with Crippen LogP contribution in [0.2, 0.25) is 0 Å². The van der Waals surface area contributed by atoms with Crippen molar-refractivity contribution in [1.29, 1.82) is 0 Å². The van der Waals surface area contributed by atoms with Gasteiger partial charge in [0.25, 0.3) is 5.91 Å². The molecule has 1 saturated heterocycles. The molecule has 0 aliphatic carbocycles. The summed E-state index contributed by atoms with van der Waals surface area (Å²) >= 11 is 1.69. The second-order valence-electron chi connectivity index (χ2n) is 7.91. The number of thiazole rings is 1. The summed E-state index contributed by atoms with van der Waals surface area (Å²) in [5.41, 5.74) is 1.52. The summed E-state index contributed by atoms with van der Waals surface area (Å²) in [6, 6.07) is 15.4. The van der Waals surface area contributed by atoms with Crippen LogP contribution >= 0.6 is 11.3 Å². The zero-order valence-corrected chi connectivity index (χ0v) is 19.2. The molecule has 1 atom stereocenters. The Morgan fingerprint density at radius 1 is 1.16 bits per heavy atom. The Morgan fingerprint density at radius 3 is 2.81 bits per heavy atom. The number of hydrogen-bond donors (Lipinski definition) is 1. The third-order valence-corrected chi connectivity index (χ3v) is 6.84. The molecule has 4 rings (SSSR count). The summed E-state index contributed by atoms with van der Waals surface area (Å²) in [4.78, 5) is 32.3. The van der Waals surface area contributed by atoms with Crippen molar-refractivity contribution in [3.8, 4) is 5.75 Å². The fourth-order valence-corrected chi connectivity index (χ4v) is 5.25. The normalized spacial score (nSPS) is 16.2. The first-order valence-corrected chi connectivity index (χ1v) is 12.1. The van der Waals surface area contributed by atoms with Gasteiger partial charge in [-0.05, 0) is 56.9 Å². The maximum atomic E-state index is 13.0. The summed E-state index contributed by atoms with van der Waals surface area (Å²) in [6.45, 7) is 3.62. The summed E-state index contributed by atoms with van der Waals surface area (Å²) in [5.74, 6) is 0.542. The van der Waals surface area contributed by atoms with Gasteiger partial charge in [0.1, 0.15) is 10.8 Å². The van der Waals surface area contributed by atoms with Gasteiger partial charge in [0.05, 0.1) is 28.4 Å². The summed E-state index contributed by atoms with van der Waals surface area (Å²) < 4.78 is 6.69. The highest BCUT2D eigenvalue weighted by atomic mass is 32.1. The van der Waals surface area contributed by atoms with E-state index in [-0.39, 0.29) is 17.9 Å². The van der Waals surface area contributed by atoms with Gasteiger partial charge in [0.15, 0.2) is 0 Å². The van der Waals surface area contributed by atoms with E-state index in [9.17, 15) is 9.59 Å². The number of ether oxygens (including phenoxy) is 1. The van der Waals surface area contributed by atoms with Gasteiger partial charge < -0.3 is 15.0 Å². The fourth-order valence-electron chi connectivity index (χ4n) is 4.14. The van der Waals surface area contributed by atoms with E-state index in [2.05, 4.69) is 11.4 Å². The molecule has 1 aliphatic rings. The van der Waals surface area contributed by atoms with Crippen LogP contribution in [-0.2, 0) is 4.79 Å². The smallest absolute Gasteiger partial charge is 0.255 e. The zero-order valence-electron chi connectivity index (χ0n) is 18.4. The lowest BCUT2D eigenvalue weighted by Gasteiger charge is -2.34. The second kappa shape index (κ2) is 10.6. The molecule has 1 aliphatic heterocycles. The average Bonchev–Trinajstić information content (AvgIpc) is 3.26. The van der Waals surface area contributed by atoms with Crippen LogP contribution in [0.1, 0.15) is 60.4 Å². The first kappa shape index (κ1) is 22.3. The van der Waals surface area contributed by atoms with Crippen molar-refractivity contribution in [3.05, 3.63) is 59.1 Å². The second-order valence-corrected chi connectivity index (χ2v) is 8.97. The highest BCUT2D eigenvalue weighted by molar-refractivity contribution is 7.18. The van der Waals surface area contributed by atoms with E-state index in [0.29, 0.717) is 37.3 Å². The Bertz CT molecular complexity index is 1050. The van der Waals surface area contributed by atoms with Crippen LogP contribution in [0.5, 0.6) is 5.75 Å². The predicted octanol–water partition coefficient (Wildman–Crippen LogP) is 4.96. The third kappa shape index (κ3) is 5.10. The average molecular weight is 452 g/mol. The van der Waals surface area contributed by atoms with Crippen molar-refractivity contribution >= 4 is 33.4 Å². The number of benzene rings is 2. The predicted molar refractivity (Wildman–Crippen MR) is 127 cm³/mol. The van der Waals surface area contributed by atoms with Crippen molar-refractivity contribution in [3.63, 3.8) is 0 Å². The largest absolute Gasteiger partial charge is 0.493 e. The van der Waals surface area contributed by atoms with E-state index in [1.165, 1.54) is 0 Å². The Kier molecular flexibility index (Phi) is 7.37. The van der Waals surface area contributed by atoms with Gasteiger partial charge in [-0.15, -0.1) is 11.3 Å². The SMILES string of the molecule is CCOc1ccccc1C(=O)NCCCC(=O)N1CCCCC1c1nc2ccccc2s1. The zero-order chi connectivity index (χ0) is 22.3. The number of likely N-dealkylation sites (tertiary alicyclic amines) is 1. The monoisotopic (exact) mass is 451 g/mol. The van der Waals surface area contributed by atoms with Crippen LogP contribution in [0.15, 0.2) is 48.5 Å². The van der Waals surface area contributed by atoms with Gasteiger partial charge in [0, 0.05) is 19.5 Å². The summed E-state index contributed by atoms with van der Waals surface area (Å²) in [7, 11) is 0. The van der Waals surface area contributed by atoms with Crippen LogP contribution in [0.3, 0.4) is 0 Å². The Hall–Kier alpha value is -2.93. The van der Waals surface area contributed by atoms with Gasteiger partial charge >= 0.3 is 0 Å². The molecular formula is C25H29N3O3S. The third-order valence-electron chi connectivity index (χ3n) is 5.70. The fraction of sp³-hybridized carbons (Fsp3) is 0.400.